The topological polar surface area (TPSA) is 4.93 Å². The Hall–Kier alpha value is -1.77. The van der Waals surface area contributed by atoms with E-state index in [1.807, 2.05) is 0 Å². The predicted octanol–water partition coefficient (Wildman–Crippen LogP) is 8.32. The Morgan fingerprint density at radius 3 is 2.34 bits per heavy atom. The fourth-order valence-corrected chi connectivity index (χ4v) is 4.70. The molecule has 2 aliphatic rings. The minimum atomic E-state index is 0. The van der Waals surface area contributed by atoms with Crippen LogP contribution in [-0.2, 0) is 38.7 Å². The van der Waals surface area contributed by atoms with E-state index in [0.29, 0.717) is 0 Å². The van der Waals surface area contributed by atoms with Crippen molar-refractivity contribution in [3.8, 4) is 5.69 Å². The minimum Gasteiger partial charge on any atom is -0.332 e. The number of aromatic nitrogens is 1. The van der Waals surface area contributed by atoms with Crippen LogP contribution in [0.4, 0.5) is 0 Å². The Labute approximate surface area is 215 Å². The van der Waals surface area contributed by atoms with Crippen molar-refractivity contribution in [2.45, 2.75) is 46.0 Å². The van der Waals surface area contributed by atoms with Crippen molar-refractivity contribution in [3.63, 3.8) is 0 Å². The van der Waals surface area contributed by atoms with Crippen LogP contribution in [0.5, 0.6) is 0 Å². The number of alkyl halides is 1. The van der Waals surface area contributed by atoms with Crippen LogP contribution in [0, 0.1) is 6.08 Å². The van der Waals surface area contributed by atoms with E-state index in [0.717, 1.165) is 6.42 Å². The van der Waals surface area contributed by atoms with E-state index in [2.05, 4.69) is 103 Å². The largest absolute Gasteiger partial charge is 0.332 e. The number of benzene rings is 2. The van der Waals surface area contributed by atoms with Crippen molar-refractivity contribution in [2.75, 3.05) is 6.38 Å². The number of aryl methyl sites for hydroxylation is 1. The van der Waals surface area contributed by atoms with Crippen LogP contribution in [-0.4, -0.2) is 11.0 Å². The Kier molecular flexibility index (Phi) is 8.85. The number of hydrogen-bond acceptors (Lipinski definition) is 0. The number of rotatable bonds is 1. The zero-order chi connectivity index (χ0) is 21.8. The first-order valence-corrected chi connectivity index (χ1v) is 11.9. The van der Waals surface area contributed by atoms with E-state index in [-0.39, 0.29) is 25.8 Å². The smallest absolute Gasteiger partial charge is 0.0516 e. The van der Waals surface area contributed by atoms with Gasteiger partial charge in [0.25, 0.3) is 0 Å². The molecule has 3 heteroatoms. The molecule has 3 aromatic carbocycles. The maximum absolute atomic E-state index is 4.64. The van der Waals surface area contributed by atoms with Gasteiger partial charge >= 0.3 is 0 Å². The van der Waals surface area contributed by atoms with Gasteiger partial charge in [-0.3, -0.25) is 6.08 Å². The molecular weight excluding hydrogens is 576 g/mol. The van der Waals surface area contributed by atoms with Crippen molar-refractivity contribution in [2.24, 2.45) is 0 Å². The molecule has 6 rings (SSSR count). The first-order chi connectivity index (χ1) is 15.2. The van der Waals surface area contributed by atoms with Gasteiger partial charge in [-0.1, -0.05) is 31.2 Å². The van der Waals surface area contributed by atoms with Gasteiger partial charge in [0, 0.05) is 43.3 Å². The molecule has 0 amide bonds. The first kappa shape index (κ1) is 24.9. The van der Waals surface area contributed by atoms with Gasteiger partial charge in [0.15, 0.2) is 0 Å². The van der Waals surface area contributed by atoms with Gasteiger partial charge in [0.1, 0.15) is 0 Å². The summed E-state index contributed by atoms with van der Waals surface area (Å²) in [4.78, 5) is 0. The van der Waals surface area contributed by atoms with Crippen molar-refractivity contribution in [1.82, 2.24) is 4.57 Å². The van der Waals surface area contributed by atoms with Crippen LogP contribution in [0.1, 0.15) is 44.4 Å². The molecule has 0 bridgehead atoms. The summed E-state index contributed by atoms with van der Waals surface area (Å²) in [6, 6.07) is 22.2. The summed E-state index contributed by atoms with van der Waals surface area (Å²) in [5.74, 6) is 0. The van der Waals surface area contributed by atoms with E-state index in [1.54, 1.807) is 5.56 Å². The summed E-state index contributed by atoms with van der Waals surface area (Å²) in [5.41, 5.74) is 8.50. The molecule has 0 spiro atoms. The quantitative estimate of drug-likeness (QED) is 0.117. The molecule has 1 heterocycles. The molecule has 0 radical (unpaired) electrons. The monoisotopic (exact) mass is 607 g/mol. The third-order valence-electron chi connectivity index (χ3n) is 6.41. The van der Waals surface area contributed by atoms with Gasteiger partial charge in [0.05, 0.1) is 5.52 Å². The molecule has 0 aliphatic heterocycles. The average molecular weight is 607 g/mol. The van der Waals surface area contributed by atoms with Crippen LogP contribution in [0.15, 0.2) is 77.9 Å². The maximum atomic E-state index is 4.64. The standard InChI is InChI=1S/C21H18N.C7H9.CH3Cl.Hf/c1-2-8-16-14-17(13-15(16)7-1)22-20-11-5-3-9-18(20)19-10-4-6-12-21(19)22;1-6-4-3-5-7(6)2;1-2;/h1-3,5,7-9,11,13-14H,4,6,10,12H2;4H,3H2,1-2H3;1H3;/q2*-1;;. The Bertz CT molecular complexity index is 1210. The summed E-state index contributed by atoms with van der Waals surface area (Å²) in [6.45, 7) is 4.22. The molecule has 32 heavy (non-hydrogen) atoms. The molecule has 1 aromatic heterocycles. The van der Waals surface area contributed by atoms with Gasteiger partial charge < -0.3 is 4.57 Å². The second kappa shape index (κ2) is 11.4. The summed E-state index contributed by atoms with van der Waals surface area (Å²) in [7, 11) is 0. The number of para-hydroxylation sites is 1. The maximum Gasteiger partial charge on any atom is 0.0516 e. The van der Waals surface area contributed by atoms with Crippen LogP contribution in [0.25, 0.3) is 27.4 Å². The molecule has 2 aliphatic carbocycles. The van der Waals surface area contributed by atoms with Gasteiger partial charge in [0.2, 0.25) is 0 Å². The Morgan fingerprint density at radius 1 is 0.938 bits per heavy atom. The van der Waals surface area contributed by atoms with Crippen molar-refractivity contribution < 1.29 is 25.8 Å². The number of hydrogen-bond donors (Lipinski definition) is 0. The van der Waals surface area contributed by atoms with E-state index in [9.17, 15) is 0 Å². The molecular formula is C29H30ClHfN-2. The van der Waals surface area contributed by atoms with Gasteiger partial charge in [-0.2, -0.15) is 6.08 Å². The Balaban J connectivity index is 0.000000248. The third-order valence-corrected chi connectivity index (χ3v) is 6.41. The van der Waals surface area contributed by atoms with Crippen LogP contribution in [0.2, 0.25) is 0 Å². The number of allylic oxidation sites excluding steroid dienone is 4. The SMILES string of the molecule is CC1=[C-]CC=C1C.CCl.[Hf].c1ccc2[cH-]c(-n3c4c(c5ccccc53)CCCC4)cc2c1. The number of halogens is 1. The van der Waals surface area contributed by atoms with Gasteiger partial charge in [-0.15, -0.1) is 66.0 Å². The first-order valence-electron chi connectivity index (χ1n) is 11.1. The van der Waals surface area contributed by atoms with Crippen LogP contribution < -0.4 is 0 Å². The summed E-state index contributed by atoms with van der Waals surface area (Å²) in [5, 5.41) is 4.11. The fourth-order valence-electron chi connectivity index (χ4n) is 4.70. The molecule has 0 N–H and O–H groups in total. The molecule has 4 aromatic rings. The third kappa shape index (κ3) is 4.92. The van der Waals surface area contributed by atoms with E-state index < -0.39 is 0 Å². The van der Waals surface area contributed by atoms with Gasteiger partial charge in [-0.05, 0) is 43.0 Å². The summed E-state index contributed by atoms with van der Waals surface area (Å²) < 4.78 is 2.50. The number of nitrogens with zero attached hydrogens (tertiary/aromatic N) is 1. The molecule has 1 nitrogen and oxygen atoms in total. The van der Waals surface area contributed by atoms with E-state index in [1.165, 1.54) is 76.3 Å². The minimum absolute atomic E-state index is 0. The second-order valence-corrected chi connectivity index (χ2v) is 8.22. The van der Waals surface area contributed by atoms with Gasteiger partial charge in [-0.25, -0.2) is 11.1 Å². The molecule has 0 atom stereocenters. The molecule has 0 fully saturated rings. The van der Waals surface area contributed by atoms with E-state index in [4.69, 9.17) is 0 Å². The Morgan fingerprint density at radius 2 is 1.66 bits per heavy atom. The summed E-state index contributed by atoms with van der Waals surface area (Å²) >= 11 is 4.64. The normalized spacial score (nSPS) is 14.4. The zero-order valence-electron chi connectivity index (χ0n) is 19.2. The molecule has 164 valence electrons. The van der Waals surface area contributed by atoms with Crippen molar-refractivity contribution >= 4 is 33.3 Å². The predicted molar refractivity (Wildman–Crippen MR) is 136 cm³/mol. The second-order valence-electron chi connectivity index (χ2n) is 8.22. The molecule has 0 unspecified atom stereocenters. The molecule has 0 saturated heterocycles. The van der Waals surface area contributed by atoms with Crippen molar-refractivity contribution in [3.05, 3.63) is 95.2 Å². The van der Waals surface area contributed by atoms with Crippen LogP contribution in [0.3, 0.4) is 0 Å². The number of fused-ring (bicyclic) bond motifs is 4. The average Bonchev–Trinajstić information content (AvgIpc) is 3.50. The van der Waals surface area contributed by atoms with Crippen molar-refractivity contribution in [1.29, 1.82) is 0 Å². The fraction of sp³-hybridized carbons (Fsp3) is 0.276. The molecule has 0 saturated carbocycles. The van der Waals surface area contributed by atoms with E-state index >= 15 is 0 Å². The zero-order valence-corrected chi connectivity index (χ0v) is 23.6. The van der Waals surface area contributed by atoms with Crippen LogP contribution >= 0.6 is 11.6 Å². The summed E-state index contributed by atoms with van der Waals surface area (Å²) in [6.07, 6.45) is 12.9.